The van der Waals surface area contributed by atoms with Crippen molar-refractivity contribution in [3.8, 4) is 5.69 Å². The maximum Gasteiger partial charge on any atom is 0.223 e. The molecule has 0 aliphatic heterocycles. The number of hydrogen-bond donors (Lipinski definition) is 1. The van der Waals surface area contributed by atoms with E-state index in [9.17, 15) is 9.18 Å². The summed E-state index contributed by atoms with van der Waals surface area (Å²) >= 11 is 1.60. The van der Waals surface area contributed by atoms with Gasteiger partial charge < -0.3 is 5.32 Å². The van der Waals surface area contributed by atoms with E-state index in [1.165, 1.54) is 23.3 Å². The van der Waals surface area contributed by atoms with Crippen LogP contribution in [0.3, 0.4) is 0 Å². The van der Waals surface area contributed by atoms with Crippen molar-refractivity contribution in [2.24, 2.45) is 5.92 Å². The van der Waals surface area contributed by atoms with Crippen LogP contribution in [0.4, 0.5) is 4.39 Å². The summed E-state index contributed by atoms with van der Waals surface area (Å²) in [5.41, 5.74) is 3.28. The molecule has 1 aliphatic carbocycles. The normalized spacial score (nSPS) is 13.4. The molecule has 1 fully saturated rings. The number of carbonyl (C=O) groups is 1. The van der Waals surface area contributed by atoms with E-state index in [4.69, 9.17) is 0 Å². The van der Waals surface area contributed by atoms with Gasteiger partial charge in [0, 0.05) is 30.3 Å². The number of rotatable bonds is 8. The molecule has 1 N–H and O–H groups in total. The predicted molar refractivity (Wildman–Crippen MR) is 111 cm³/mol. The summed E-state index contributed by atoms with van der Waals surface area (Å²) in [6, 6.07) is 14.6. The van der Waals surface area contributed by atoms with Gasteiger partial charge in [-0.25, -0.2) is 4.39 Å². The Hall–Kier alpha value is -2.67. The van der Waals surface area contributed by atoms with Gasteiger partial charge in [0.2, 0.25) is 5.91 Å². The molecular weight excluding hydrogens is 387 g/mol. The number of hydrogen-bond acceptors (Lipinski definition) is 4. The highest BCUT2D eigenvalue weighted by molar-refractivity contribution is 7.98. The molecule has 2 aromatic carbocycles. The first-order chi connectivity index (χ1) is 14.1. The molecule has 1 saturated carbocycles. The second-order valence-corrected chi connectivity index (χ2v) is 8.18. The van der Waals surface area contributed by atoms with Gasteiger partial charge in [0.25, 0.3) is 0 Å². The number of aromatic nitrogens is 3. The summed E-state index contributed by atoms with van der Waals surface area (Å²) in [6.45, 7) is 2.60. The van der Waals surface area contributed by atoms with E-state index in [1.54, 1.807) is 23.9 Å². The van der Waals surface area contributed by atoms with Gasteiger partial charge in [-0.05, 0) is 55.2 Å². The van der Waals surface area contributed by atoms with Gasteiger partial charge in [-0.3, -0.25) is 9.36 Å². The third-order valence-electron chi connectivity index (χ3n) is 5.00. The summed E-state index contributed by atoms with van der Waals surface area (Å²) in [5, 5.41) is 12.5. The Morgan fingerprint density at radius 1 is 1.17 bits per heavy atom. The molecule has 0 unspecified atom stereocenters. The largest absolute Gasteiger partial charge is 0.355 e. The van der Waals surface area contributed by atoms with Crippen LogP contribution in [0.2, 0.25) is 0 Å². The van der Waals surface area contributed by atoms with Gasteiger partial charge in [-0.1, -0.05) is 36.0 Å². The number of halogens is 1. The minimum Gasteiger partial charge on any atom is -0.355 e. The van der Waals surface area contributed by atoms with Gasteiger partial charge in [0.15, 0.2) is 5.16 Å². The maximum absolute atomic E-state index is 13.4. The predicted octanol–water partition coefficient (Wildman–Crippen LogP) is 4.08. The lowest BCUT2D eigenvalue weighted by Crippen LogP contribution is -2.27. The lowest BCUT2D eigenvalue weighted by Gasteiger charge is -2.11. The molecule has 4 rings (SSSR count). The highest BCUT2D eigenvalue weighted by atomic mass is 32.2. The number of carbonyl (C=O) groups excluding carboxylic acids is 1. The lowest BCUT2D eigenvalue weighted by molar-refractivity contribution is -0.122. The molecule has 1 heterocycles. The lowest BCUT2D eigenvalue weighted by atomic mass is 10.1. The Kier molecular flexibility index (Phi) is 5.94. The standard InChI is InChI=1S/C22H23FN4OS/c1-15-4-2-3-5-17(15)14-29-22-26-25-20(12-13-24-21(28)16-6-7-16)27(22)19-10-8-18(23)9-11-19/h2-5,8-11,16H,6-7,12-14H2,1H3,(H,24,28). The first kappa shape index (κ1) is 19.6. The first-order valence-corrected chi connectivity index (χ1v) is 10.8. The molecule has 1 aromatic heterocycles. The van der Waals surface area contributed by atoms with E-state index in [2.05, 4.69) is 34.6 Å². The fraction of sp³-hybridized carbons (Fsp3) is 0.318. The van der Waals surface area contributed by atoms with E-state index >= 15 is 0 Å². The first-order valence-electron chi connectivity index (χ1n) is 9.77. The van der Waals surface area contributed by atoms with Crippen molar-refractivity contribution < 1.29 is 9.18 Å². The molecule has 0 radical (unpaired) electrons. The highest BCUT2D eigenvalue weighted by Crippen LogP contribution is 2.29. The van der Waals surface area contributed by atoms with Gasteiger partial charge in [0.05, 0.1) is 0 Å². The van der Waals surface area contributed by atoms with Crippen LogP contribution in [0, 0.1) is 18.7 Å². The Bertz CT molecular complexity index is 998. The van der Waals surface area contributed by atoms with E-state index in [0.717, 1.165) is 35.3 Å². The van der Waals surface area contributed by atoms with Crippen LogP contribution in [0.1, 0.15) is 29.8 Å². The van der Waals surface area contributed by atoms with Crippen LogP contribution in [-0.2, 0) is 17.0 Å². The third-order valence-corrected chi connectivity index (χ3v) is 5.98. The fourth-order valence-corrected chi connectivity index (χ4v) is 4.15. The summed E-state index contributed by atoms with van der Waals surface area (Å²) in [4.78, 5) is 11.9. The number of benzene rings is 2. The zero-order chi connectivity index (χ0) is 20.2. The Labute approximate surface area is 173 Å². The van der Waals surface area contributed by atoms with Gasteiger partial charge in [-0.15, -0.1) is 10.2 Å². The monoisotopic (exact) mass is 410 g/mol. The second kappa shape index (κ2) is 8.78. The third kappa shape index (κ3) is 4.85. The molecule has 3 aromatic rings. The summed E-state index contributed by atoms with van der Waals surface area (Å²) in [6.07, 6.45) is 2.53. The Morgan fingerprint density at radius 2 is 1.93 bits per heavy atom. The number of nitrogens with one attached hydrogen (secondary N) is 1. The van der Waals surface area contributed by atoms with Crippen molar-refractivity contribution >= 4 is 17.7 Å². The fourth-order valence-electron chi connectivity index (χ4n) is 3.11. The summed E-state index contributed by atoms with van der Waals surface area (Å²) in [5.74, 6) is 1.54. The van der Waals surface area contributed by atoms with Crippen molar-refractivity contribution in [1.82, 2.24) is 20.1 Å². The zero-order valence-corrected chi connectivity index (χ0v) is 17.1. The molecule has 1 aliphatic rings. The molecule has 1 amide bonds. The van der Waals surface area contributed by atoms with Crippen LogP contribution < -0.4 is 5.32 Å². The topological polar surface area (TPSA) is 59.8 Å². The molecule has 5 nitrogen and oxygen atoms in total. The van der Waals surface area contributed by atoms with Crippen molar-refractivity contribution in [1.29, 1.82) is 0 Å². The van der Waals surface area contributed by atoms with Gasteiger partial charge in [-0.2, -0.15) is 0 Å². The minimum absolute atomic E-state index is 0.118. The van der Waals surface area contributed by atoms with E-state index in [0.29, 0.717) is 13.0 Å². The molecule has 0 saturated heterocycles. The van der Waals surface area contributed by atoms with E-state index < -0.39 is 0 Å². The number of nitrogens with zero attached hydrogens (tertiary/aromatic N) is 3. The second-order valence-electron chi connectivity index (χ2n) is 7.24. The number of amides is 1. The van der Waals surface area contributed by atoms with Crippen LogP contribution in [-0.4, -0.2) is 27.2 Å². The van der Waals surface area contributed by atoms with Crippen molar-refractivity contribution in [3.05, 3.63) is 71.3 Å². The highest BCUT2D eigenvalue weighted by Gasteiger charge is 2.29. The Balaban J connectivity index is 1.53. The molecular formula is C22H23FN4OS. The maximum atomic E-state index is 13.4. The number of aryl methyl sites for hydroxylation is 1. The zero-order valence-electron chi connectivity index (χ0n) is 16.3. The van der Waals surface area contributed by atoms with Crippen LogP contribution in [0.5, 0.6) is 0 Å². The SMILES string of the molecule is Cc1ccccc1CSc1nnc(CCNC(=O)C2CC2)n1-c1ccc(F)cc1. The van der Waals surface area contributed by atoms with Gasteiger partial charge >= 0.3 is 0 Å². The van der Waals surface area contributed by atoms with Gasteiger partial charge in [0.1, 0.15) is 11.6 Å². The Morgan fingerprint density at radius 3 is 2.66 bits per heavy atom. The quantitative estimate of drug-likeness (QED) is 0.569. The van der Waals surface area contributed by atoms with E-state index in [-0.39, 0.29) is 17.6 Å². The van der Waals surface area contributed by atoms with Crippen LogP contribution in [0.15, 0.2) is 53.7 Å². The van der Waals surface area contributed by atoms with Crippen molar-refractivity contribution in [3.63, 3.8) is 0 Å². The summed E-state index contributed by atoms with van der Waals surface area (Å²) < 4.78 is 15.4. The average molecular weight is 411 g/mol. The molecule has 0 spiro atoms. The minimum atomic E-state index is -0.283. The summed E-state index contributed by atoms with van der Waals surface area (Å²) in [7, 11) is 0. The van der Waals surface area contributed by atoms with Crippen LogP contribution in [0.25, 0.3) is 5.69 Å². The van der Waals surface area contributed by atoms with Crippen LogP contribution >= 0.6 is 11.8 Å². The molecule has 7 heteroatoms. The average Bonchev–Trinajstić information content (AvgIpc) is 3.50. The molecule has 150 valence electrons. The molecule has 0 bridgehead atoms. The molecule has 0 atom stereocenters. The molecule has 29 heavy (non-hydrogen) atoms. The smallest absolute Gasteiger partial charge is 0.223 e. The van der Waals surface area contributed by atoms with E-state index in [1.807, 2.05) is 16.7 Å². The number of thioether (sulfide) groups is 1. The van der Waals surface area contributed by atoms with Crippen molar-refractivity contribution in [2.45, 2.75) is 37.1 Å². The van der Waals surface area contributed by atoms with Crippen molar-refractivity contribution in [2.75, 3.05) is 6.54 Å².